The number of nitrogens with two attached hydrogens (primary N) is 1. The van der Waals surface area contributed by atoms with Gasteiger partial charge in [0.15, 0.2) is 0 Å². The van der Waals surface area contributed by atoms with E-state index in [2.05, 4.69) is 25.8 Å². The summed E-state index contributed by atoms with van der Waals surface area (Å²) >= 11 is 0. The zero-order valence-corrected chi connectivity index (χ0v) is 11.4. The summed E-state index contributed by atoms with van der Waals surface area (Å²) in [4.78, 5) is 2.53. The Bertz CT molecular complexity index is 176. The molecule has 0 bridgehead atoms. The highest BCUT2D eigenvalue weighted by molar-refractivity contribution is 4.73. The standard InChI is InChI=1S/C14H30N2/c1-12(6-4-7-13(2)15)10-16(3)11-14-8-5-9-14/h12-14H,4-11,15H2,1-3H3. The second-order valence-electron chi connectivity index (χ2n) is 6.03. The van der Waals surface area contributed by atoms with Crippen molar-refractivity contribution in [2.75, 3.05) is 20.1 Å². The highest BCUT2D eigenvalue weighted by Gasteiger charge is 2.19. The average Bonchev–Trinajstić information content (AvgIpc) is 2.10. The summed E-state index contributed by atoms with van der Waals surface area (Å²) in [6.45, 7) is 7.05. The Labute approximate surface area is 102 Å². The third-order valence-electron chi connectivity index (χ3n) is 3.77. The average molecular weight is 226 g/mol. The molecule has 0 saturated heterocycles. The highest BCUT2D eigenvalue weighted by Crippen LogP contribution is 2.27. The van der Waals surface area contributed by atoms with E-state index in [9.17, 15) is 0 Å². The first-order valence-corrected chi connectivity index (χ1v) is 7.02. The van der Waals surface area contributed by atoms with Crippen molar-refractivity contribution >= 4 is 0 Å². The van der Waals surface area contributed by atoms with Gasteiger partial charge in [0.1, 0.15) is 0 Å². The van der Waals surface area contributed by atoms with Gasteiger partial charge < -0.3 is 10.6 Å². The van der Waals surface area contributed by atoms with Crippen LogP contribution in [-0.4, -0.2) is 31.1 Å². The first-order valence-electron chi connectivity index (χ1n) is 7.02. The van der Waals surface area contributed by atoms with E-state index in [1.54, 1.807) is 0 Å². The molecule has 0 aromatic carbocycles. The molecule has 0 spiro atoms. The van der Waals surface area contributed by atoms with Gasteiger partial charge in [0.25, 0.3) is 0 Å². The molecule has 0 heterocycles. The van der Waals surface area contributed by atoms with Crippen molar-refractivity contribution in [2.45, 2.75) is 58.4 Å². The lowest BCUT2D eigenvalue weighted by molar-refractivity contribution is 0.185. The van der Waals surface area contributed by atoms with Gasteiger partial charge in [0, 0.05) is 19.1 Å². The molecule has 96 valence electrons. The Hall–Kier alpha value is -0.0800. The molecule has 0 amide bonds. The predicted molar refractivity (Wildman–Crippen MR) is 71.5 cm³/mol. The molecule has 2 heteroatoms. The van der Waals surface area contributed by atoms with Crippen LogP contribution < -0.4 is 5.73 Å². The van der Waals surface area contributed by atoms with Gasteiger partial charge in [-0.25, -0.2) is 0 Å². The summed E-state index contributed by atoms with van der Waals surface area (Å²) in [6, 6.07) is 0.375. The van der Waals surface area contributed by atoms with Gasteiger partial charge in [0.05, 0.1) is 0 Å². The monoisotopic (exact) mass is 226 g/mol. The topological polar surface area (TPSA) is 29.3 Å². The Kier molecular flexibility index (Phi) is 6.37. The van der Waals surface area contributed by atoms with E-state index < -0.39 is 0 Å². The van der Waals surface area contributed by atoms with Crippen LogP contribution in [-0.2, 0) is 0 Å². The fourth-order valence-electron chi connectivity index (χ4n) is 2.60. The summed E-state index contributed by atoms with van der Waals surface area (Å²) < 4.78 is 0. The Morgan fingerprint density at radius 1 is 1.25 bits per heavy atom. The summed E-state index contributed by atoms with van der Waals surface area (Å²) in [6.07, 6.45) is 8.18. The van der Waals surface area contributed by atoms with Crippen molar-refractivity contribution < 1.29 is 0 Å². The second-order valence-corrected chi connectivity index (χ2v) is 6.03. The van der Waals surface area contributed by atoms with Crippen LogP contribution in [0.5, 0.6) is 0 Å². The molecule has 2 nitrogen and oxygen atoms in total. The minimum Gasteiger partial charge on any atom is -0.328 e. The minimum absolute atomic E-state index is 0.375. The molecule has 2 N–H and O–H groups in total. The van der Waals surface area contributed by atoms with Crippen LogP contribution in [0.4, 0.5) is 0 Å². The van der Waals surface area contributed by atoms with Crippen molar-refractivity contribution in [2.24, 2.45) is 17.6 Å². The maximum atomic E-state index is 5.76. The molecule has 1 aliphatic carbocycles. The molecule has 1 aliphatic rings. The van der Waals surface area contributed by atoms with E-state index in [1.807, 2.05) is 0 Å². The molecule has 1 fully saturated rings. The van der Waals surface area contributed by atoms with E-state index >= 15 is 0 Å². The summed E-state index contributed by atoms with van der Waals surface area (Å²) in [5, 5.41) is 0. The van der Waals surface area contributed by atoms with E-state index in [-0.39, 0.29) is 0 Å². The Balaban J connectivity index is 2.00. The molecular weight excluding hydrogens is 196 g/mol. The van der Waals surface area contributed by atoms with Crippen LogP contribution in [0, 0.1) is 11.8 Å². The van der Waals surface area contributed by atoms with E-state index in [0.717, 1.165) is 11.8 Å². The zero-order chi connectivity index (χ0) is 12.0. The summed E-state index contributed by atoms with van der Waals surface area (Å²) in [5.74, 6) is 1.82. The fourth-order valence-corrected chi connectivity index (χ4v) is 2.60. The van der Waals surface area contributed by atoms with E-state index in [1.165, 1.54) is 51.6 Å². The quantitative estimate of drug-likeness (QED) is 0.689. The lowest BCUT2D eigenvalue weighted by Crippen LogP contribution is -2.32. The second kappa shape index (κ2) is 7.29. The number of nitrogens with zero attached hydrogens (tertiary/aromatic N) is 1. The van der Waals surface area contributed by atoms with Crippen molar-refractivity contribution in [3.05, 3.63) is 0 Å². The maximum absolute atomic E-state index is 5.76. The lowest BCUT2D eigenvalue weighted by atomic mass is 9.85. The molecule has 0 radical (unpaired) electrons. The van der Waals surface area contributed by atoms with Gasteiger partial charge in [-0.2, -0.15) is 0 Å². The third kappa shape index (κ3) is 5.86. The van der Waals surface area contributed by atoms with Crippen LogP contribution in [0.15, 0.2) is 0 Å². The predicted octanol–water partition coefficient (Wildman–Crippen LogP) is 2.87. The largest absolute Gasteiger partial charge is 0.328 e. The van der Waals surface area contributed by atoms with Crippen LogP contribution in [0.3, 0.4) is 0 Å². The van der Waals surface area contributed by atoms with E-state index in [4.69, 9.17) is 5.73 Å². The molecule has 0 aromatic rings. The van der Waals surface area contributed by atoms with Gasteiger partial charge >= 0.3 is 0 Å². The van der Waals surface area contributed by atoms with Crippen LogP contribution in [0.25, 0.3) is 0 Å². The smallest absolute Gasteiger partial charge is 0.00104 e. The lowest BCUT2D eigenvalue weighted by Gasteiger charge is -2.31. The van der Waals surface area contributed by atoms with Crippen molar-refractivity contribution in [1.29, 1.82) is 0 Å². The molecule has 0 aromatic heterocycles. The molecule has 2 unspecified atom stereocenters. The van der Waals surface area contributed by atoms with Gasteiger partial charge in [-0.3, -0.25) is 0 Å². The number of hydrogen-bond acceptors (Lipinski definition) is 2. The van der Waals surface area contributed by atoms with Crippen molar-refractivity contribution in [3.8, 4) is 0 Å². The van der Waals surface area contributed by atoms with Crippen LogP contribution in [0.2, 0.25) is 0 Å². The molecule has 2 atom stereocenters. The van der Waals surface area contributed by atoms with Gasteiger partial charge in [-0.1, -0.05) is 19.8 Å². The minimum atomic E-state index is 0.375. The third-order valence-corrected chi connectivity index (χ3v) is 3.77. The van der Waals surface area contributed by atoms with E-state index in [0.29, 0.717) is 6.04 Å². The van der Waals surface area contributed by atoms with Crippen molar-refractivity contribution in [3.63, 3.8) is 0 Å². The molecule has 0 aliphatic heterocycles. The number of rotatable bonds is 8. The highest BCUT2D eigenvalue weighted by atomic mass is 15.1. The van der Waals surface area contributed by atoms with Crippen LogP contribution in [0.1, 0.15) is 52.4 Å². The normalized spacial score (nSPS) is 20.8. The Morgan fingerprint density at radius 2 is 1.94 bits per heavy atom. The fraction of sp³-hybridized carbons (Fsp3) is 1.00. The maximum Gasteiger partial charge on any atom is 0.00104 e. The SMILES string of the molecule is CC(N)CCCC(C)CN(C)CC1CCC1. The van der Waals surface area contributed by atoms with Crippen molar-refractivity contribution in [1.82, 2.24) is 4.90 Å². The van der Waals surface area contributed by atoms with Gasteiger partial charge in [-0.05, 0) is 51.5 Å². The molecule has 16 heavy (non-hydrogen) atoms. The van der Waals surface area contributed by atoms with Crippen LogP contribution >= 0.6 is 0 Å². The first-order chi connectivity index (χ1) is 7.58. The molecule has 1 rings (SSSR count). The first kappa shape index (κ1) is 14.0. The summed E-state index contributed by atoms with van der Waals surface area (Å²) in [5.41, 5.74) is 5.76. The summed E-state index contributed by atoms with van der Waals surface area (Å²) in [7, 11) is 2.28. The number of hydrogen-bond donors (Lipinski definition) is 1. The molecule has 1 saturated carbocycles. The van der Waals surface area contributed by atoms with Gasteiger partial charge in [-0.15, -0.1) is 0 Å². The van der Waals surface area contributed by atoms with Gasteiger partial charge in [0.2, 0.25) is 0 Å². The molecular formula is C14H30N2. The zero-order valence-electron chi connectivity index (χ0n) is 11.4. The Morgan fingerprint density at radius 3 is 2.44 bits per heavy atom.